The first-order chi connectivity index (χ1) is 10.1. The molecule has 0 aliphatic carbocycles. The third-order valence-electron chi connectivity index (χ3n) is 2.58. The van der Waals surface area contributed by atoms with E-state index in [0.717, 1.165) is 10.2 Å². The molecule has 0 saturated carbocycles. The first-order valence-corrected chi connectivity index (χ1v) is 6.93. The Hall–Kier alpha value is -2.43. The highest BCUT2D eigenvalue weighted by atomic mass is 32.1. The van der Waals surface area contributed by atoms with E-state index in [0.29, 0.717) is 5.13 Å². The van der Waals surface area contributed by atoms with Crippen molar-refractivity contribution in [3.8, 4) is 12.3 Å². The molecular formula is C14H13N3O3S. The summed E-state index contributed by atoms with van der Waals surface area (Å²) in [6.45, 7) is -0.274. The van der Waals surface area contributed by atoms with Crippen molar-refractivity contribution in [3.63, 3.8) is 0 Å². The molecule has 1 aromatic carbocycles. The number of aliphatic carboxylic acids is 1. The zero-order chi connectivity index (χ0) is 15.2. The number of anilines is 1. The maximum Gasteiger partial charge on any atom is 0.317 e. The summed E-state index contributed by atoms with van der Waals surface area (Å²) in [7, 11) is 0. The molecule has 0 aliphatic rings. The number of hydrogen-bond donors (Lipinski definition) is 2. The van der Waals surface area contributed by atoms with Crippen molar-refractivity contribution >= 4 is 38.6 Å². The molecule has 0 saturated heterocycles. The predicted octanol–water partition coefficient (Wildman–Crippen LogP) is 1.25. The summed E-state index contributed by atoms with van der Waals surface area (Å²) >= 11 is 1.36. The molecule has 108 valence electrons. The number of aromatic nitrogens is 1. The van der Waals surface area contributed by atoms with Crippen LogP contribution in [0.2, 0.25) is 0 Å². The molecule has 1 amide bonds. The maximum atomic E-state index is 11.9. The highest BCUT2D eigenvalue weighted by Gasteiger charge is 2.14. The van der Waals surface area contributed by atoms with Gasteiger partial charge in [-0.05, 0) is 12.1 Å². The molecule has 0 bridgehead atoms. The number of carboxylic acid groups (broad SMARTS) is 1. The van der Waals surface area contributed by atoms with E-state index in [-0.39, 0.29) is 25.5 Å². The van der Waals surface area contributed by atoms with Crippen molar-refractivity contribution in [1.29, 1.82) is 0 Å². The van der Waals surface area contributed by atoms with Crippen LogP contribution in [-0.4, -0.2) is 46.5 Å². The van der Waals surface area contributed by atoms with Gasteiger partial charge < -0.3 is 10.4 Å². The zero-order valence-electron chi connectivity index (χ0n) is 11.1. The van der Waals surface area contributed by atoms with Gasteiger partial charge in [0.2, 0.25) is 5.91 Å². The van der Waals surface area contributed by atoms with Gasteiger partial charge in [0.15, 0.2) is 5.13 Å². The second-order valence-corrected chi connectivity index (χ2v) is 5.31. The minimum absolute atomic E-state index is 0.0908. The van der Waals surface area contributed by atoms with Crippen LogP contribution in [0, 0.1) is 12.3 Å². The van der Waals surface area contributed by atoms with Crippen LogP contribution in [0.15, 0.2) is 24.3 Å². The lowest BCUT2D eigenvalue weighted by molar-refractivity contribution is -0.138. The van der Waals surface area contributed by atoms with E-state index >= 15 is 0 Å². The Labute approximate surface area is 125 Å². The second-order valence-electron chi connectivity index (χ2n) is 4.28. The number of rotatable bonds is 6. The first kappa shape index (κ1) is 15.0. The number of carbonyl (C=O) groups excluding carboxylic acids is 1. The topological polar surface area (TPSA) is 82.5 Å². The van der Waals surface area contributed by atoms with Crippen molar-refractivity contribution in [2.45, 2.75) is 0 Å². The lowest BCUT2D eigenvalue weighted by Gasteiger charge is -2.15. The van der Waals surface area contributed by atoms with Crippen LogP contribution >= 0.6 is 11.3 Å². The van der Waals surface area contributed by atoms with E-state index in [1.165, 1.54) is 16.2 Å². The molecule has 0 aliphatic heterocycles. The van der Waals surface area contributed by atoms with Gasteiger partial charge in [0.1, 0.15) is 0 Å². The SMILES string of the molecule is C#CCN(CC(=O)O)CC(=O)Nc1nc2ccccc2s1. The zero-order valence-corrected chi connectivity index (χ0v) is 11.9. The summed E-state index contributed by atoms with van der Waals surface area (Å²) in [6.07, 6.45) is 5.16. The third kappa shape index (κ3) is 4.27. The lowest BCUT2D eigenvalue weighted by Crippen LogP contribution is -2.37. The Morgan fingerprint density at radius 1 is 1.38 bits per heavy atom. The fraction of sp³-hybridized carbons (Fsp3) is 0.214. The van der Waals surface area contributed by atoms with Gasteiger partial charge in [-0.3, -0.25) is 14.5 Å². The normalized spacial score (nSPS) is 10.5. The average Bonchev–Trinajstić information content (AvgIpc) is 2.79. The number of para-hydroxylation sites is 1. The molecule has 0 unspecified atom stereocenters. The minimum Gasteiger partial charge on any atom is -0.480 e. The standard InChI is InChI=1S/C14H13N3O3S/c1-2-7-17(9-13(19)20)8-12(18)16-14-15-10-5-3-4-6-11(10)21-14/h1,3-6H,7-9H2,(H,19,20)(H,15,16,18). The summed E-state index contributed by atoms with van der Waals surface area (Å²) in [5.74, 6) is 0.962. The fourth-order valence-electron chi connectivity index (χ4n) is 1.78. The minimum atomic E-state index is -1.03. The highest BCUT2D eigenvalue weighted by molar-refractivity contribution is 7.22. The molecule has 2 N–H and O–H groups in total. The first-order valence-electron chi connectivity index (χ1n) is 6.11. The van der Waals surface area contributed by atoms with Crippen molar-refractivity contribution in [2.24, 2.45) is 0 Å². The number of nitrogens with zero attached hydrogens (tertiary/aromatic N) is 2. The molecule has 7 heteroatoms. The Balaban J connectivity index is 1.99. The van der Waals surface area contributed by atoms with Crippen LogP contribution in [0.25, 0.3) is 10.2 Å². The van der Waals surface area contributed by atoms with Crippen LogP contribution in [-0.2, 0) is 9.59 Å². The van der Waals surface area contributed by atoms with E-state index in [1.54, 1.807) is 0 Å². The summed E-state index contributed by atoms with van der Waals surface area (Å²) < 4.78 is 0.971. The summed E-state index contributed by atoms with van der Waals surface area (Å²) in [5.41, 5.74) is 0.809. The van der Waals surface area contributed by atoms with Crippen LogP contribution in [0.3, 0.4) is 0 Å². The number of thiazole rings is 1. The Morgan fingerprint density at radius 3 is 2.81 bits per heavy atom. The van der Waals surface area contributed by atoms with Gasteiger partial charge >= 0.3 is 5.97 Å². The molecule has 1 heterocycles. The Morgan fingerprint density at radius 2 is 2.14 bits per heavy atom. The molecule has 0 spiro atoms. The smallest absolute Gasteiger partial charge is 0.317 e. The summed E-state index contributed by atoms with van der Waals surface area (Å²) in [6, 6.07) is 7.54. The number of hydrogen-bond acceptors (Lipinski definition) is 5. The summed E-state index contributed by atoms with van der Waals surface area (Å²) in [4.78, 5) is 28.2. The van der Waals surface area contributed by atoms with Crippen LogP contribution in [0.5, 0.6) is 0 Å². The second kappa shape index (κ2) is 6.83. The fourth-order valence-corrected chi connectivity index (χ4v) is 2.66. The van der Waals surface area contributed by atoms with E-state index in [1.807, 2.05) is 24.3 Å². The monoisotopic (exact) mass is 303 g/mol. The van der Waals surface area contributed by atoms with Crippen molar-refractivity contribution in [2.75, 3.05) is 25.0 Å². The third-order valence-corrected chi connectivity index (χ3v) is 3.53. The Bertz CT molecular complexity index is 672. The van der Waals surface area contributed by atoms with Crippen LogP contribution < -0.4 is 5.32 Å². The van der Waals surface area contributed by atoms with E-state index < -0.39 is 5.97 Å². The molecule has 0 atom stereocenters. The van der Waals surface area contributed by atoms with Gasteiger partial charge in [0.25, 0.3) is 0 Å². The van der Waals surface area contributed by atoms with Gasteiger partial charge in [-0.15, -0.1) is 6.42 Å². The molecule has 0 fully saturated rings. The number of benzene rings is 1. The number of fused-ring (bicyclic) bond motifs is 1. The number of carboxylic acids is 1. The quantitative estimate of drug-likeness (QED) is 0.785. The lowest BCUT2D eigenvalue weighted by atomic mass is 10.3. The molecule has 6 nitrogen and oxygen atoms in total. The van der Waals surface area contributed by atoms with Gasteiger partial charge in [-0.2, -0.15) is 0 Å². The number of carbonyl (C=O) groups is 2. The van der Waals surface area contributed by atoms with Gasteiger partial charge in [-0.25, -0.2) is 4.98 Å². The molecule has 0 radical (unpaired) electrons. The van der Waals surface area contributed by atoms with Crippen molar-refractivity contribution in [1.82, 2.24) is 9.88 Å². The molecule has 2 rings (SSSR count). The van der Waals surface area contributed by atoms with E-state index in [9.17, 15) is 9.59 Å². The van der Waals surface area contributed by atoms with Gasteiger partial charge in [0, 0.05) is 0 Å². The van der Waals surface area contributed by atoms with Crippen molar-refractivity contribution in [3.05, 3.63) is 24.3 Å². The largest absolute Gasteiger partial charge is 0.480 e. The molecule has 1 aromatic heterocycles. The van der Waals surface area contributed by atoms with Gasteiger partial charge in [0.05, 0.1) is 29.9 Å². The number of terminal acetylenes is 1. The summed E-state index contributed by atoms with van der Waals surface area (Å²) in [5, 5.41) is 11.9. The van der Waals surface area contributed by atoms with E-state index in [2.05, 4.69) is 16.2 Å². The molecular weight excluding hydrogens is 290 g/mol. The molecule has 2 aromatic rings. The van der Waals surface area contributed by atoms with Crippen molar-refractivity contribution < 1.29 is 14.7 Å². The Kier molecular flexibility index (Phi) is 4.87. The predicted molar refractivity (Wildman–Crippen MR) is 81.2 cm³/mol. The van der Waals surface area contributed by atoms with Crippen LogP contribution in [0.1, 0.15) is 0 Å². The maximum absolute atomic E-state index is 11.9. The average molecular weight is 303 g/mol. The van der Waals surface area contributed by atoms with Gasteiger partial charge in [-0.1, -0.05) is 29.4 Å². The number of nitrogens with one attached hydrogen (secondary N) is 1. The van der Waals surface area contributed by atoms with Crippen LogP contribution in [0.4, 0.5) is 5.13 Å². The molecule has 21 heavy (non-hydrogen) atoms. The number of amides is 1. The van der Waals surface area contributed by atoms with E-state index in [4.69, 9.17) is 11.5 Å². The highest BCUT2D eigenvalue weighted by Crippen LogP contribution is 2.25.